The van der Waals surface area contributed by atoms with E-state index in [9.17, 15) is 67.1 Å². The number of primary amides is 1. The third kappa shape index (κ3) is 36.5. The van der Waals surface area contributed by atoms with E-state index in [0.717, 1.165) is 5.56 Å². The quantitative estimate of drug-likeness (QED) is 0.0417. The number of nitrogens with two attached hydrogens (primary N) is 3. The number of hydrogen-bond donors (Lipinski definition) is 15. The number of amides is 14. The van der Waals surface area contributed by atoms with Crippen molar-refractivity contribution in [3.8, 4) is 0 Å². The first kappa shape index (κ1) is 94.8. The first-order valence-electron chi connectivity index (χ1n) is 38.9. The molecule has 2 rings (SSSR count). The van der Waals surface area contributed by atoms with E-state index in [-0.39, 0.29) is 118 Å². The smallest absolute Gasteiger partial charge is 0.245 e. The van der Waals surface area contributed by atoms with Gasteiger partial charge in [-0.05, 0) is 162 Å². The Morgan fingerprint density at radius 3 is 1.27 bits per heavy atom. The first-order valence-corrected chi connectivity index (χ1v) is 38.9. The first-order chi connectivity index (χ1) is 50.3. The molecule has 0 unspecified atom stereocenters. The SMILES string of the molecule is CC[C@H](C)[C@H](NC(=O)[C@H](CC(C)C)NC(=O)[C@@H]1CCCN1C(=O)[C@H](CC(C)C)NC(=O)CCc1ccccc1)C(=O)N[C@@H](CC(C)C)C(=O)NCC(=O)N[C@@H](CCCCN)C(=O)N[C@@H](CC(C)C)C(=O)N[C@H](C(=O)N[C@@H](CCCCN)C(=O)NCC(=O)N[C@@H](CC(C)C)C(=O)N[C@@H](CC(C)C)C(N)=O)C(C)C. The predicted octanol–water partition coefficient (Wildman–Crippen LogP) is 2.41. The summed E-state index contributed by atoms with van der Waals surface area (Å²) in [5, 5.41) is 32.8. The fourth-order valence-electron chi connectivity index (χ4n) is 12.6. The number of likely N-dealkylation sites (tertiary alicyclic amines) is 1. The molecular formula is C77H134N16O14. The molecule has 1 fully saturated rings. The molecule has 1 aliphatic heterocycles. The molecule has 0 saturated carbocycles. The van der Waals surface area contributed by atoms with Gasteiger partial charge in [0.2, 0.25) is 82.7 Å². The van der Waals surface area contributed by atoms with Crippen molar-refractivity contribution in [2.45, 2.75) is 286 Å². The third-order valence-electron chi connectivity index (χ3n) is 18.5. The molecule has 1 aliphatic rings. The van der Waals surface area contributed by atoms with Gasteiger partial charge in [-0.25, -0.2) is 0 Å². The number of nitrogens with one attached hydrogen (secondary N) is 12. The minimum absolute atomic E-state index is 0.0263. The van der Waals surface area contributed by atoms with Crippen LogP contribution in [-0.2, 0) is 73.5 Å². The molecule has 14 amide bonds. The zero-order valence-corrected chi connectivity index (χ0v) is 66.8. The van der Waals surface area contributed by atoms with E-state index < -0.39 is 162 Å². The summed E-state index contributed by atoms with van der Waals surface area (Å²) in [4.78, 5) is 196. The van der Waals surface area contributed by atoms with Crippen LogP contribution < -0.4 is 81.0 Å². The predicted molar refractivity (Wildman–Crippen MR) is 411 cm³/mol. The molecule has 1 heterocycles. The van der Waals surface area contributed by atoms with Gasteiger partial charge in [0.25, 0.3) is 0 Å². The van der Waals surface area contributed by atoms with Crippen molar-refractivity contribution in [1.82, 2.24) is 68.7 Å². The maximum Gasteiger partial charge on any atom is 0.245 e. The second kappa shape index (κ2) is 49.6. The van der Waals surface area contributed by atoms with Crippen LogP contribution in [0.2, 0.25) is 0 Å². The standard InChI is InChI=1S/C77H134N16O14/c1-17-51(16)66(92-73(103)59(40-48(10)11)89-74(104)61-30-25-35-93(61)77(107)60(41-49(12)13)85-62(94)32-31-52-26-19-18-20-27-52)76(106)90-56(37-45(4)5)69(99)82-42-63(95)83-54(29-22-24-34-79)70(100)88-58(39-47(8)9)72(102)91-65(50(14)15)75(105)86-53(28-21-23-33-78)68(98)81-43-64(96)84-57(38-46(6)7)71(101)87-55(67(80)97)36-44(2)3/h18-20,26-27,44-51,53-61,65-66H,17,21-25,28-43,78-79H2,1-16H3,(H2,80,97)(H,81,98)(H,82,99)(H,83,95)(H,84,96)(H,85,94)(H,86,105)(H,87,101)(H,88,100)(H,89,104)(H,90,106)(H,91,102)(H,92,103)/t51-,53-,54-,55-,56-,57-,58-,59-,60-,61-,65-,66-/m0/s1. The lowest BCUT2D eigenvalue weighted by atomic mass is 9.95. The van der Waals surface area contributed by atoms with Gasteiger partial charge in [0.05, 0.1) is 13.1 Å². The van der Waals surface area contributed by atoms with Crippen molar-refractivity contribution in [2.24, 2.45) is 64.5 Å². The van der Waals surface area contributed by atoms with Gasteiger partial charge >= 0.3 is 0 Å². The van der Waals surface area contributed by atoms with E-state index in [1.54, 1.807) is 20.8 Å². The molecule has 0 aromatic heterocycles. The highest BCUT2D eigenvalue weighted by atomic mass is 16.2. The van der Waals surface area contributed by atoms with Crippen LogP contribution in [0, 0.1) is 47.3 Å². The molecule has 30 heteroatoms. The van der Waals surface area contributed by atoms with E-state index >= 15 is 0 Å². The number of carbonyl (C=O) groups excluding carboxylic acids is 14. The monoisotopic (exact) mass is 1510 g/mol. The fraction of sp³-hybridized carbons (Fsp3) is 0.740. The maximum atomic E-state index is 14.5. The van der Waals surface area contributed by atoms with Gasteiger partial charge in [0.1, 0.15) is 66.5 Å². The van der Waals surface area contributed by atoms with Crippen LogP contribution >= 0.6 is 0 Å². The van der Waals surface area contributed by atoms with Gasteiger partial charge in [-0.3, -0.25) is 67.1 Å². The Balaban J connectivity index is 2.29. The van der Waals surface area contributed by atoms with Crippen molar-refractivity contribution in [1.29, 1.82) is 0 Å². The third-order valence-corrected chi connectivity index (χ3v) is 18.5. The van der Waals surface area contributed by atoms with Crippen LogP contribution in [0.5, 0.6) is 0 Å². The summed E-state index contributed by atoms with van der Waals surface area (Å²) in [6.45, 7) is 28.9. The number of nitrogens with zero attached hydrogens (tertiary/aromatic N) is 1. The number of carbonyl (C=O) groups is 14. The van der Waals surface area contributed by atoms with Gasteiger partial charge < -0.3 is 85.9 Å². The highest BCUT2D eigenvalue weighted by Gasteiger charge is 2.41. The zero-order valence-electron chi connectivity index (χ0n) is 66.8. The summed E-state index contributed by atoms with van der Waals surface area (Å²) in [7, 11) is 0. The normalized spacial score (nSPS) is 16.0. The molecule has 606 valence electrons. The van der Waals surface area contributed by atoms with Crippen molar-refractivity contribution in [3.05, 3.63) is 35.9 Å². The Morgan fingerprint density at radius 1 is 0.421 bits per heavy atom. The summed E-state index contributed by atoms with van der Waals surface area (Å²) in [6, 6.07) is -2.82. The van der Waals surface area contributed by atoms with E-state index in [2.05, 4.69) is 63.8 Å². The largest absolute Gasteiger partial charge is 0.368 e. The number of aryl methyl sites for hydroxylation is 1. The molecule has 0 radical (unpaired) electrons. The van der Waals surface area contributed by atoms with Gasteiger partial charge in [-0.2, -0.15) is 0 Å². The van der Waals surface area contributed by atoms with Gasteiger partial charge in [-0.15, -0.1) is 0 Å². The average Bonchev–Trinajstić information content (AvgIpc) is 1.81. The summed E-state index contributed by atoms with van der Waals surface area (Å²) in [6.07, 6.45) is 4.99. The van der Waals surface area contributed by atoms with E-state index in [1.807, 2.05) is 120 Å². The molecule has 1 saturated heterocycles. The molecular weight excluding hydrogens is 1370 g/mol. The van der Waals surface area contributed by atoms with Crippen LogP contribution in [0.1, 0.15) is 219 Å². The second-order valence-corrected chi connectivity index (χ2v) is 31.6. The Bertz CT molecular complexity index is 3020. The summed E-state index contributed by atoms with van der Waals surface area (Å²) in [5.74, 6) is -10.6. The highest BCUT2D eigenvalue weighted by Crippen LogP contribution is 2.23. The second-order valence-electron chi connectivity index (χ2n) is 31.6. The molecule has 12 atom stereocenters. The number of unbranched alkanes of at least 4 members (excludes halogenated alkanes) is 2. The lowest BCUT2D eigenvalue weighted by molar-refractivity contribution is -0.142. The van der Waals surface area contributed by atoms with Crippen LogP contribution in [0.25, 0.3) is 0 Å². The van der Waals surface area contributed by atoms with E-state index in [4.69, 9.17) is 17.2 Å². The van der Waals surface area contributed by atoms with Crippen LogP contribution in [0.3, 0.4) is 0 Å². The topological polar surface area (TPSA) is 465 Å². The maximum absolute atomic E-state index is 14.5. The Kier molecular flexibility index (Phi) is 44.0. The van der Waals surface area contributed by atoms with Crippen LogP contribution in [0.15, 0.2) is 30.3 Å². The molecule has 1 aromatic carbocycles. The molecule has 30 nitrogen and oxygen atoms in total. The summed E-state index contributed by atoms with van der Waals surface area (Å²) >= 11 is 0. The van der Waals surface area contributed by atoms with Gasteiger partial charge in [0, 0.05) is 13.0 Å². The molecule has 0 spiro atoms. The number of hydrogen-bond acceptors (Lipinski definition) is 16. The molecule has 107 heavy (non-hydrogen) atoms. The van der Waals surface area contributed by atoms with Crippen molar-refractivity contribution in [2.75, 3.05) is 32.7 Å². The van der Waals surface area contributed by atoms with E-state index in [0.29, 0.717) is 57.8 Å². The fourth-order valence-corrected chi connectivity index (χ4v) is 12.6. The number of benzene rings is 1. The summed E-state index contributed by atoms with van der Waals surface area (Å²) in [5.41, 5.74) is 18.2. The average molecular weight is 1510 g/mol. The molecule has 1 aromatic rings. The lowest BCUT2D eigenvalue weighted by Gasteiger charge is -2.31. The Morgan fingerprint density at radius 2 is 0.794 bits per heavy atom. The molecule has 18 N–H and O–H groups in total. The van der Waals surface area contributed by atoms with E-state index in [1.165, 1.54) is 4.90 Å². The Labute approximate surface area is 635 Å². The lowest BCUT2D eigenvalue weighted by Crippen LogP contribution is -2.60. The van der Waals surface area contributed by atoms with Crippen LogP contribution in [-0.4, -0.2) is 187 Å². The van der Waals surface area contributed by atoms with Gasteiger partial charge in [0.15, 0.2) is 0 Å². The van der Waals surface area contributed by atoms with Crippen molar-refractivity contribution >= 4 is 82.7 Å². The van der Waals surface area contributed by atoms with Crippen LogP contribution in [0.4, 0.5) is 0 Å². The minimum Gasteiger partial charge on any atom is -0.368 e. The van der Waals surface area contributed by atoms with Gasteiger partial charge in [-0.1, -0.05) is 148 Å². The zero-order chi connectivity index (χ0) is 80.8. The number of rotatable bonds is 51. The van der Waals surface area contributed by atoms with Crippen molar-refractivity contribution < 1.29 is 67.1 Å². The Hall–Kier alpha value is -8.28. The minimum atomic E-state index is -1.26. The molecule has 0 aliphatic carbocycles. The summed E-state index contributed by atoms with van der Waals surface area (Å²) < 4.78 is 0. The molecule has 0 bridgehead atoms. The van der Waals surface area contributed by atoms with Crippen molar-refractivity contribution in [3.63, 3.8) is 0 Å². The highest BCUT2D eigenvalue weighted by molar-refractivity contribution is 5.99.